The molecule has 2 N–H and O–H groups in total. The van der Waals surface area contributed by atoms with Crippen molar-refractivity contribution in [2.75, 3.05) is 14.2 Å². The molecule has 0 saturated heterocycles. The number of benzene rings is 2. The number of methoxy groups -OCH3 is 2. The first-order valence-electron chi connectivity index (χ1n) is 10.7. The van der Waals surface area contributed by atoms with Crippen molar-refractivity contribution in [3.05, 3.63) is 59.2 Å². The summed E-state index contributed by atoms with van der Waals surface area (Å²) in [6.07, 6.45) is 5.18. The van der Waals surface area contributed by atoms with Crippen molar-refractivity contribution < 1.29 is 19.0 Å². The highest BCUT2D eigenvalue weighted by atomic mass is 16.6. The Balaban J connectivity index is 2.40. The van der Waals surface area contributed by atoms with E-state index in [0.29, 0.717) is 6.42 Å². The number of hydrogen-bond donors (Lipinski definition) is 1. The molecule has 0 aliphatic heterocycles. The van der Waals surface area contributed by atoms with Gasteiger partial charge in [-0.3, -0.25) is 0 Å². The molecule has 0 aromatic heterocycles. The van der Waals surface area contributed by atoms with Gasteiger partial charge in [0, 0.05) is 11.5 Å². The molecule has 0 fully saturated rings. The van der Waals surface area contributed by atoms with E-state index in [1.54, 1.807) is 14.2 Å². The number of ether oxygens (including phenoxy) is 3. The molecule has 2 aromatic rings. The summed E-state index contributed by atoms with van der Waals surface area (Å²) in [7, 11) is 3.36. The van der Waals surface area contributed by atoms with Gasteiger partial charge >= 0.3 is 6.09 Å². The highest BCUT2D eigenvalue weighted by Gasteiger charge is 2.27. The third kappa shape index (κ3) is 6.68. The van der Waals surface area contributed by atoms with Crippen LogP contribution in [0.1, 0.15) is 62.1 Å². The largest absolute Gasteiger partial charge is 0.496 e. The highest BCUT2D eigenvalue weighted by Crippen LogP contribution is 2.38. The average Bonchev–Trinajstić information content (AvgIpc) is 2.74. The van der Waals surface area contributed by atoms with Crippen LogP contribution in [0.15, 0.2) is 42.5 Å². The number of unbranched alkanes of at least 4 members (excludes halogenated alkanes) is 3. The lowest BCUT2D eigenvalue weighted by Crippen LogP contribution is -2.27. The monoisotopic (exact) mass is 413 g/mol. The Morgan fingerprint density at radius 1 is 1.00 bits per heavy atom. The Bertz CT molecular complexity index is 791. The molecule has 164 valence electrons. The summed E-state index contributed by atoms with van der Waals surface area (Å²) in [6.45, 7) is 4.07. The smallest absolute Gasteiger partial charge is 0.404 e. The minimum Gasteiger partial charge on any atom is -0.496 e. The normalized spacial score (nSPS) is 12.8. The third-order valence-corrected chi connectivity index (χ3v) is 5.50. The van der Waals surface area contributed by atoms with Crippen LogP contribution in [0, 0.1) is 0 Å². The summed E-state index contributed by atoms with van der Waals surface area (Å²) in [5.41, 5.74) is 8.54. The van der Waals surface area contributed by atoms with Crippen molar-refractivity contribution in [3.63, 3.8) is 0 Å². The lowest BCUT2D eigenvalue weighted by atomic mass is 9.86. The minimum atomic E-state index is -0.779. The van der Waals surface area contributed by atoms with Crippen LogP contribution in [-0.4, -0.2) is 26.4 Å². The van der Waals surface area contributed by atoms with E-state index in [1.165, 1.54) is 19.3 Å². The molecule has 5 nitrogen and oxygen atoms in total. The number of amides is 1. The number of primary amides is 1. The third-order valence-electron chi connectivity index (χ3n) is 5.50. The first-order chi connectivity index (χ1) is 14.5. The molecule has 5 heteroatoms. The molecule has 2 rings (SSSR count). The molecule has 2 aromatic carbocycles. The number of aryl methyl sites for hydroxylation is 1. The van der Waals surface area contributed by atoms with Crippen molar-refractivity contribution in [1.29, 1.82) is 0 Å². The lowest BCUT2D eigenvalue weighted by molar-refractivity contribution is 0.0991. The Labute approximate surface area is 180 Å². The summed E-state index contributed by atoms with van der Waals surface area (Å²) in [5, 5.41) is 0. The van der Waals surface area contributed by atoms with Crippen LogP contribution in [0.3, 0.4) is 0 Å². The number of nitrogens with two attached hydrogens (primary N) is 1. The molecule has 2 atom stereocenters. The number of carbonyl (C=O) groups excluding carboxylic acids is 1. The van der Waals surface area contributed by atoms with Crippen molar-refractivity contribution in [2.24, 2.45) is 5.73 Å². The number of carbonyl (C=O) groups is 1. The molecule has 2 unspecified atom stereocenters. The van der Waals surface area contributed by atoms with Gasteiger partial charge in [-0.15, -0.1) is 0 Å². The van der Waals surface area contributed by atoms with E-state index in [1.807, 2.05) is 31.2 Å². The molecule has 0 bridgehead atoms. The average molecular weight is 414 g/mol. The molecule has 0 spiro atoms. The lowest BCUT2D eigenvalue weighted by Gasteiger charge is -2.27. The van der Waals surface area contributed by atoms with Gasteiger partial charge in [-0.1, -0.05) is 56.5 Å². The molecule has 0 radical (unpaired) electrons. The van der Waals surface area contributed by atoms with Crippen LogP contribution in [0.2, 0.25) is 0 Å². The van der Waals surface area contributed by atoms with Crippen molar-refractivity contribution in [1.82, 2.24) is 0 Å². The summed E-state index contributed by atoms with van der Waals surface area (Å²) in [5.74, 6) is 1.49. The second kappa shape index (κ2) is 12.1. The molecule has 30 heavy (non-hydrogen) atoms. The van der Waals surface area contributed by atoms with Crippen LogP contribution < -0.4 is 15.2 Å². The molecular weight excluding hydrogens is 378 g/mol. The Kier molecular flexibility index (Phi) is 9.52. The van der Waals surface area contributed by atoms with Gasteiger partial charge in [0.2, 0.25) is 0 Å². The predicted molar refractivity (Wildman–Crippen MR) is 120 cm³/mol. The molecular formula is C25H35NO4. The van der Waals surface area contributed by atoms with Gasteiger partial charge in [0.15, 0.2) is 0 Å². The topological polar surface area (TPSA) is 70.8 Å². The maximum absolute atomic E-state index is 11.4. The SMILES string of the molecule is CCCCCCc1cc(OC)c(C(Cc2ccccc2)C(C)OC(N)=O)cc1OC. The molecule has 0 saturated carbocycles. The zero-order valence-corrected chi connectivity index (χ0v) is 18.6. The van der Waals surface area contributed by atoms with Gasteiger partial charge in [-0.25, -0.2) is 4.79 Å². The van der Waals surface area contributed by atoms with Crippen LogP contribution in [0.4, 0.5) is 4.79 Å². The van der Waals surface area contributed by atoms with Gasteiger partial charge in [0.1, 0.15) is 17.6 Å². The molecule has 0 aliphatic rings. The Morgan fingerprint density at radius 2 is 1.70 bits per heavy atom. The van der Waals surface area contributed by atoms with Crippen LogP contribution in [0.5, 0.6) is 11.5 Å². The van der Waals surface area contributed by atoms with E-state index in [9.17, 15) is 4.79 Å². The maximum atomic E-state index is 11.4. The molecule has 0 heterocycles. The quantitative estimate of drug-likeness (QED) is 0.457. The molecule has 1 amide bonds. The minimum absolute atomic E-state index is 0.127. The summed E-state index contributed by atoms with van der Waals surface area (Å²) >= 11 is 0. The van der Waals surface area contributed by atoms with E-state index in [0.717, 1.165) is 41.0 Å². The Hall–Kier alpha value is -2.69. The fourth-order valence-electron chi connectivity index (χ4n) is 3.87. The van der Waals surface area contributed by atoms with E-state index < -0.39 is 12.2 Å². The van der Waals surface area contributed by atoms with Crippen LogP contribution >= 0.6 is 0 Å². The van der Waals surface area contributed by atoms with Crippen molar-refractivity contribution >= 4 is 6.09 Å². The van der Waals surface area contributed by atoms with E-state index >= 15 is 0 Å². The summed E-state index contributed by atoms with van der Waals surface area (Å²) in [6, 6.07) is 14.2. The van der Waals surface area contributed by atoms with E-state index in [-0.39, 0.29) is 5.92 Å². The van der Waals surface area contributed by atoms with Crippen LogP contribution in [-0.2, 0) is 17.6 Å². The zero-order valence-electron chi connectivity index (χ0n) is 18.6. The van der Waals surface area contributed by atoms with Gasteiger partial charge in [0.25, 0.3) is 0 Å². The number of rotatable bonds is 12. The highest BCUT2D eigenvalue weighted by molar-refractivity contribution is 5.65. The second-order valence-corrected chi connectivity index (χ2v) is 7.65. The summed E-state index contributed by atoms with van der Waals surface area (Å²) in [4.78, 5) is 11.4. The fourth-order valence-corrected chi connectivity index (χ4v) is 3.87. The number of hydrogen-bond acceptors (Lipinski definition) is 4. The Morgan fingerprint density at radius 3 is 2.30 bits per heavy atom. The first kappa shape index (κ1) is 23.6. The first-order valence-corrected chi connectivity index (χ1v) is 10.7. The van der Waals surface area contributed by atoms with Gasteiger partial charge in [-0.2, -0.15) is 0 Å². The molecule has 0 aliphatic carbocycles. The van der Waals surface area contributed by atoms with Gasteiger partial charge in [-0.05, 0) is 49.4 Å². The predicted octanol–water partition coefficient (Wildman–Crippen LogP) is 5.64. The zero-order chi connectivity index (χ0) is 21.9. The fraction of sp³-hybridized carbons (Fsp3) is 0.480. The van der Waals surface area contributed by atoms with Crippen molar-refractivity contribution in [2.45, 2.75) is 64.4 Å². The second-order valence-electron chi connectivity index (χ2n) is 7.65. The van der Waals surface area contributed by atoms with Gasteiger partial charge in [0.05, 0.1) is 14.2 Å². The summed E-state index contributed by atoms with van der Waals surface area (Å²) < 4.78 is 16.9. The standard InChI is InChI=1S/C25H35NO4/c1-5-6-7-11-14-20-16-24(29-4)22(17-23(20)28-3)21(18(2)30-25(26)27)15-19-12-9-8-10-13-19/h8-10,12-13,16-18,21H,5-7,11,14-15H2,1-4H3,(H2,26,27). The van der Waals surface area contributed by atoms with Gasteiger partial charge < -0.3 is 19.9 Å². The van der Waals surface area contributed by atoms with Crippen LogP contribution in [0.25, 0.3) is 0 Å². The van der Waals surface area contributed by atoms with E-state index in [4.69, 9.17) is 19.9 Å². The van der Waals surface area contributed by atoms with E-state index in [2.05, 4.69) is 25.1 Å². The van der Waals surface area contributed by atoms with Crippen molar-refractivity contribution in [3.8, 4) is 11.5 Å². The maximum Gasteiger partial charge on any atom is 0.404 e.